The largest absolute Gasteiger partial charge is 0.295 e. The summed E-state index contributed by atoms with van der Waals surface area (Å²) in [4.78, 5) is 13.4. The van der Waals surface area contributed by atoms with Crippen molar-refractivity contribution in [2.24, 2.45) is 5.92 Å². The van der Waals surface area contributed by atoms with Crippen molar-refractivity contribution in [1.29, 1.82) is 0 Å². The number of benzene rings is 1. The lowest BCUT2D eigenvalue weighted by molar-refractivity contribution is -0.130. The summed E-state index contributed by atoms with van der Waals surface area (Å²) in [5, 5.41) is 0. The molecule has 0 spiro atoms. The molecule has 86 valence electrons. The summed E-state index contributed by atoms with van der Waals surface area (Å²) in [6.45, 7) is 3.41. The minimum absolute atomic E-state index is 0.190. The summed E-state index contributed by atoms with van der Waals surface area (Å²) in [5.74, 6) is -0.473. The van der Waals surface area contributed by atoms with Gasteiger partial charge in [-0.3, -0.25) is 9.69 Å². The zero-order valence-electron chi connectivity index (χ0n) is 9.40. The third-order valence-corrected chi connectivity index (χ3v) is 2.98. The van der Waals surface area contributed by atoms with Crippen LogP contribution in [0, 0.1) is 5.92 Å². The molecule has 0 aliphatic carbocycles. The van der Waals surface area contributed by atoms with E-state index in [-0.39, 0.29) is 18.2 Å². The van der Waals surface area contributed by atoms with Gasteiger partial charge in [0.1, 0.15) is 0 Å². The second kappa shape index (κ2) is 4.74. The summed E-state index contributed by atoms with van der Waals surface area (Å²) in [6, 6.07) is 9.96. The van der Waals surface area contributed by atoms with Crippen LogP contribution in [0.4, 0.5) is 4.39 Å². The molecule has 1 aliphatic heterocycles. The van der Waals surface area contributed by atoms with E-state index in [0.717, 1.165) is 6.54 Å². The smallest absolute Gasteiger partial charge is 0.181 e. The van der Waals surface area contributed by atoms with Crippen molar-refractivity contribution in [2.75, 3.05) is 13.1 Å². The predicted molar refractivity (Wildman–Crippen MR) is 60.8 cm³/mol. The molecule has 0 saturated carbocycles. The highest BCUT2D eigenvalue weighted by atomic mass is 19.1. The van der Waals surface area contributed by atoms with E-state index in [1.807, 2.05) is 35.2 Å². The number of carbonyl (C=O) groups is 1. The third-order valence-electron chi connectivity index (χ3n) is 2.98. The number of hydrogen-bond donors (Lipinski definition) is 0. The highest BCUT2D eigenvalue weighted by molar-refractivity contribution is 5.85. The molecule has 16 heavy (non-hydrogen) atoms. The fourth-order valence-electron chi connectivity index (χ4n) is 2.15. The van der Waals surface area contributed by atoms with E-state index in [1.165, 1.54) is 5.56 Å². The molecule has 0 radical (unpaired) electrons. The number of rotatable bonds is 2. The minimum Gasteiger partial charge on any atom is -0.295 e. The maximum Gasteiger partial charge on any atom is 0.181 e. The molecule has 2 nitrogen and oxygen atoms in total. The molecule has 1 heterocycles. The van der Waals surface area contributed by atoms with Crippen LogP contribution in [-0.2, 0) is 11.3 Å². The summed E-state index contributed by atoms with van der Waals surface area (Å²) in [7, 11) is 0. The van der Waals surface area contributed by atoms with Crippen LogP contribution in [-0.4, -0.2) is 29.9 Å². The molecule has 1 aromatic carbocycles. The van der Waals surface area contributed by atoms with E-state index in [0.29, 0.717) is 6.54 Å². The van der Waals surface area contributed by atoms with Gasteiger partial charge in [0.15, 0.2) is 12.0 Å². The number of Topliss-reactive ketones (excluding diaryl/α,β-unsaturated/α-hetero) is 1. The molecule has 0 unspecified atom stereocenters. The Morgan fingerprint density at radius 1 is 1.38 bits per heavy atom. The molecule has 2 rings (SSSR count). The van der Waals surface area contributed by atoms with Crippen LogP contribution in [0.1, 0.15) is 12.5 Å². The van der Waals surface area contributed by atoms with Gasteiger partial charge in [0, 0.05) is 19.0 Å². The van der Waals surface area contributed by atoms with E-state index >= 15 is 0 Å². The van der Waals surface area contributed by atoms with E-state index in [2.05, 4.69) is 0 Å². The lowest BCUT2D eigenvalue weighted by atomic mass is 9.96. The van der Waals surface area contributed by atoms with Gasteiger partial charge in [-0.15, -0.1) is 0 Å². The van der Waals surface area contributed by atoms with Gasteiger partial charge in [0.25, 0.3) is 0 Å². The number of carbonyl (C=O) groups excluding carboxylic acids is 1. The van der Waals surface area contributed by atoms with Crippen molar-refractivity contribution < 1.29 is 9.18 Å². The standard InChI is InChI=1S/C13H16FNO/c1-10-7-15(9-12(16)13(10)14)8-11-5-3-2-4-6-11/h2-6,10,13H,7-9H2,1H3/t10-,13-/m1/s1. The Balaban J connectivity index is 1.99. The van der Waals surface area contributed by atoms with E-state index in [1.54, 1.807) is 6.92 Å². The first-order valence-corrected chi connectivity index (χ1v) is 5.60. The third kappa shape index (κ3) is 2.47. The van der Waals surface area contributed by atoms with Crippen LogP contribution in [0.15, 0.2) is 30.3 Å². The minimum atomic E-state index is -1.27. The van der Waals surface area contributed by atoms with Gasteiger partial charge >= 0.3 is 0 Å². The lowest BCUT2D eigenvalue weighted by Crippen LogP contribution is -2.46. The Morgan fingerprint density at radius 2 is 2.06 bits per heavy atom. The van der Waals surface area contributed by atoms with E-state index in [9.17, 15) is 9.18 Å². The Bertz CT molecular complexity index is 365. The van der Waals surface area contributed by atoms with Crippen molar-refractivity contribution in [3.63, 3.8) is 0 Å². The second-order valence-corrected chi connectivity index (χ2v) is 4.50. The first kappa shape index (κ1) is 11.3. The molecule has 0 aromatic heterocycles. The monoisotopic (exact) mass is 221 g/mol. The molecule has 0 bridgehead atoms. The van der Waals surface area contributed by atoms with Crippen molar-refractivity contribution in [1.82, 2.24) is 4.90 Å². The fourth-order valence-corrected chi connectivity index (χ4v) is 2.15. The Labute approximate surface area is 95.1 Å². The first-order chi connectivity index (χ1) is 7.66. The normalized spacial score (nSPS) is 27.0. The molecule has 1 aromatic rings. The number of piperidine rings is 1. The zero-order valence-corrected chi connectivity index (χ0v) is 9.40. The molecule has 1 fully saturated rings. The van der Waals surface area contributed by atoms with Crippen LogP contribution >= 0.6 is 0 Å². The van der Waals surface area contributed by atoms with Gasteiger partial charge in [-0.05, 0) is 5.56 Å². The number of likely N-dealkylation sites (tertiary alicyclic amines) is 1. The number of halogens is 1. The molecule has 1 saturated heterocycles. The van der Waals surface area contributed by atoms with Crippen LogP contribution in [0.2, 0.25) is 0 Å². The zero-order chi connectivity index (χ0) is 11.5. The summed E-state index contributed by atoms with van der Waals surface area (Å²) in [5.41, 5.74) is 1.17. The molecule has 3 heteroatoms. The number of hydrogen-bond acceptors (Lipinski definition) is 2. The predicted octanol–water partition coefficient (Wildman–Crippen LogP) is 2.05. The number of nitrogens with zero attached hydrogens (tertiary/aromatic N) is 1. The second-order valence-electron chi connectivity index (χ2n) is 4.50. The number of alkyl halides is 1. The van der Waals surface area contributed by atoms with Gasteiger partial charge in [-0.1, -0.05) is 37.3 Å². The van der Waals surface area contributed by atoms with Crippen molar-refractivity contribution >= 4 is 5.78 Å². The molecule has 1 aliphatic rings. The van der Waals surface area contributed by atoms with Gasteiger partial charge in [0.2, 0.25) is 0 Å². The van der Waals surface area contributed by atoms with E-state index < -0.39 is 6.17 Å². The summed E-state index contributed by atoms with van der Waals surface area (Å²) in [6.07, 6.45) is -1.27. The molecule has 2 atom stereocenters. The van der Waals surface area contributed by atoms with Gasteiger partial charge < -0.3 is 0 Å². The molecular formula is C13H16FNO. The lowest BCUT2D eigenvalue weighted by Gasteiger charge is -2.32. The SMILES string of the molecule is C[C@@H]1CN(Cc2ccccc2)CC(=O)[C@@H]1F. The molecular weight excluding hydrogens is 205 g/mol. The highest BCUT2D eigenvalue weighted by Gasteiger charge is 2.32. The van der Waals surface area contributed by atoms with E-state index in [4.69, 9.17) is 0 Å². The maximum absolute atomic E-state index is 13.3. The summed E-state index contributed by atoms with van der Waals surface area (Å²) < 4.78 is 13.3. The van der Waals surface area contributed by atoms with Crippen LogP contribution in [0.25, 0.3) is 0 Å². The van der Waals surface area contributed by atoms with Crippen molar-refractivity contribution in [3.8, 4) is 0 Å². The van der Waals surface area contributed by atoms with Gasteiger partial charge in [-0.2, -0.15) is 0 Å². The van der Waals surface area contributed by atoms with Crippen LogP contribution in [0.3, 0.4) is 0 Å². The Hall–Kier alpha value is -1.22. The fraction of sp³-hybridized carbons (Fsp3) is 0.462. The molecule has 0 amide bonds. The number of ketones is 1. The van der Waals surface area contributed by atoms with Crippen molar-refractivity contribution in [2.45, 2.75) is 19.6 Å². The summed E-state index contributed by atoms with van der Waals surface area (Å²) >= 11 is 0. The van der Waals surface area contributed by atoms with Crippen molar-refractivity contribution in [3.05, 3.63) is 35.9 Å². The quantitative estimate of drug-likeness (QED) is 0.761. The average Bonchev–Trinajstić information content (AvgIpc) is 2.27. The van der Waals surface area contributed by atoms with Gasteiger partial charge in [-0.25, -0.2) is 4.39 Å². The highest BCUT2D eigenvalue weighted by Crippen LogP contribution is 2.18. The average molecular weight is 221 g/mol. The van der Waals surface area contributed by atoms with Gasteiger partial charge in [0.05, 0.1) is 6.54 Å². The first-order valence-electron chi connectivity index (χ1n) is 5.60. The Morgan fingerprint density at radius 3 is 2.69 bits per heavy atom. The Kier molecular flexibility index (Phi) is 3.34. The topological polar surface area (TPSA) is 20.3 Å². The van der Waals surface area contributed by atoms with Crippen LogP contribution < -0.4 is 0 Å². The molecule has 0 N–H and O–H groups in total. The van der Waals surface area contributed by atoms with Crippen LogP contribution in [0.5, 0.6) is 0 Å². The maximum atomic E-state index is 13.3.